The molecule has 1 aliphatic heterocycles. The van der Waals surface area contributed by atoms with Crippen LogP contribution in [-0.2, 0) is 10.0 Å². The van der Waals surface area contributed by atoms with Crippen LogP contribution < -0.4 is 0 Å². The molecule has 0 unspecified atom stereocenters. The van der Waals surface area contributed by atoms with Gasteiger partial charge in [-0.25, -0.2) is 12.8 Å². The number of hydrogen-bond donors (Lipinski definition) is 0. The summed E-state index contributed by atoms with van der Waals surface area (Å²) in [6.07, 6.45) is 1.61. The molecule has 0 fully saturated rings. The van der Waals surface area contributed by atoms with Crippen molar-refractivity contribution in [3.63, 3.8) is 0 Å². The third kappa shape index (κ3) is 2.84. The molecule has 0 saturated carbocycles. The topological polar surface area (TPSA) is 49.7 Å². The normalized spacial score (nSPS) is 18.9. The number of thiophene rings is 1. The Morgan fingerprint density at radius 3 is 2.57 bits per heavy atom. The summed E-state index contributed by atoms with van der Waals surface area (Å²) in [4.78, 5) is 0.952. The van der Waals surface area contributed by atoms with Gasteiger partial charge in [-0.15, -0.1) is 11.3 Å². The monoisotopic (exact) mass is 324 g/mol. The molecule has 21 heavy (non-hydrogen) atoms. The van der Waals surface area contributed by atoms with Gasteiger partial charge in [0.2, 0.25) is 10.0 Å². The van der Waals surface area contributed by atoms with Crippen LogP contribution in [0.15, 0.2) is 46.9 Å². The van der Waals surface area contributed by atoms with E-state index in [-0.39, 0.29) is 5.82 Å². The summed E-state index contributed by atoms with van der Waals surface area (Å²) in [6, 6.07) is 9.27. The molecule has 2 heterocycles. The second kappa shape index (κ2) is 5.23. The minimum Gasteiger partial charge on any atom is -0.207 e. The Kier molecular flexibility index (Phi) is 3.54. The first-order chi connectivity index (χ1) is 9.95. The van der Waals surface area contributed by atoms with Crippen LogP contribution in [0.5, 0.6) is 0 Å². The lowest BCUT2D eigenvalue weighted by molar-refractivity contribution is 0.374. The molecule has 0 radical (unpaired) electrons. The predicted octanol–water partition coefficient (Wildman–Crippen LogP) is 3.00. The Balaban J connectivity index is 2.00. The van der Waals surface area contributed by atoms with Gasteiger partial charge in [0.15, 0.2) is 0 Å². The van der Waals surface area contributed by atoms with E-state index in [1.54, 1.807) is 12.1 Å². The van der Waals surface area contributed by atoms with Gasteiger partial charge in [-0.3, -0.25) is 0 Å². The zero-order valence-electron chi connectivity index (χ0n) is 11.2. The summed E-state index contributed by atoms with van der Waals surface area (Å²) >= 11 is 1.52. The van der Waals surface area contributed by atoms with Gasteiger partial charge >= 0.3 is 0 Å². The highest BCUT2D eigenvalue weighted by atomic mass is 32.2. The van der Waals surface area contributed by atoms with E-state index >= 15 is 0 Å². The second-order valence-electron chi connectivity index (χ2n) is 4.83. The Hall–Kier alpha value is -1.73. The van der Waals surface area contributed by atoms with Gasteiger partial charge in [-0.05, 0) is 29.1 Å². The van der Waals surface area contributed by atoms with Crippen molar-refractivity contribution in [3.05, 3.63) is 58.0 Å². The highest BCUT2D eigenvalue weighted by Gasteiger charge is 2.34. The maximum absolute atomic E-state index is 13.0. The molecule has 2 aromatic rings. The first-order valence-corrected chi connectivity index (χ1v) is 9.04. The Morgan fingerprint density at radius 2 is 2.00 bits per heavy atom. The van der Waals surface area contributed by atoms with E-state index < -0.39 is 16.1 Å². The maximum atomic E-state index is 13.0. The van der Waals surface area contributed by atoms with Crippen molar-refractivity contribution in [1.82, 2.24) is 4.41 Å². The molecule has 0 spiro atoms. The highest BCUT2D eigenvalue weighted by molar-refractivity contribution is 7.88. The minimum atomic E-state index is -3.48. The molecule has 0 amide bonds. The van der Waals surface area contributed by atoms with Crippen molar-refractivity contribution < 1.29 is 12.8 Å². The number of sulfonamides is 1. The molecule has 4 nitrogen and oxygen atoms in total. The molecule has 1 aliphatic rings. The lowest BCUT2D eigenvalue weighted by atomic mass is 10.0. The van der Waals surface area contributed by atoms with Crippen LogP contribution in [0.3, 0.4) is 0 Å². The maximum Gasteiger partial charge on any atom is 0.247 e. The van der Waals surface area contributed by atoms with Crippen molar-refractivity contribution in [2.24, 2.45) is 5.10 Å². The lowest BCUT2D eigenvalue weighted by Crippen LogP contribution is -2.25. The average Bonchev–Trinajstić information content (AvgIpc) is 3.07. The molecule has 0 N–H and O–H groups in total. The molecule has 110 valence electrons. The Morgan fingerprint density at radius 1 is 1.29 bits per heavy atom. The molecule has 7 heteroatoms. The average molecular weight is 324 g/mol. The van der Waals surface area contributed by atoms with Crippen molar-refractivity contribution in [2.75, 3.05) is 6.26 Å². The summed E-state index contributed by atoms with van der Waals surface area (Å²) in [5.41, 5.74) is 1.47. The molecular formula is C14H13FN2O2S2. The smallest absolute Gasteiger partial charge is 0.207 e. The van der Waals surface area contributed by atoms with Crippen LogP contribution in [0.4, 0.5) is 4.39 Å². The number of benzene rings is 1. The minimum absolute atomic E-state index is 0.345. The number of halogens is 1. The first kappa shape index (κ1) is 14.2. The first-order valence-electron chi connectivity index (χ1n) is 6.31. The van der Waals surface area contributed by atoms with Gasteiger partial charge < -0.3 is 0 Å². The van der Waals surface area contributed by atoms with Gasteiger partial charge in [0.05, 0.1) is 22.9 Å². The fourth-order valence-corrected chi connectivity index (χ4v) is 3.95. The number of rotatable bonds is 3. The van der Waals surface area contributed by atoms with Crippen LogP contribution in [0.25, 0.3) is 0 Å². The third-order valence-corrected chi connectivity index (χ3v) is 5.21. The summed E-state index contributed by atoms with van der Waals surface area (Å²) in [5, 5.41) is 6.19. The van der Waals surface area contributed by atoms with E-state index in [2.05, 4.69) is 5.10 Å². The van der Waals surface area contributed by atoms with Crippen molar-refractivity contribution in [2.45, 2.75) is 12.5 Å². The Labute approximate surface area is 126 Å². The van der Waals surface area contributed by atoms with Gasteiger partial charge in [0.1, 0.15) is 5.82 Å². The van der Waals surface area contributed by atoms with E-state index in [1.165, 1.54) is 23.5 Å². The number of hydrazone groups is 1. The van der Waals surface area contributed by atoms with E-state index in [0.29, 0.717) is 6.42 Å². The summed E-state index contributed by atoms with van der Waals surface area (Å²) in [5.74, 6) is -0.345. The van der Waals surface area contributed by atoms with Crippen LogP contribution in [0.2, 0.25) is 0 Å². The van der Waals surface area contributed by atoms with Gasteiger partial charge in [0, 0.05) is 6.42 Å². The fourth-order valence-electron chi connectivity index (χ4n) is 2.32. The summed E-state index contributed by atoms with van der Waals surface area (Å²) < 4.78 is 38.1. The van der Waals surface area contributed by atoms with E-state index in [0.717, 1.165) is 26.8 Å². The SMILES string of the molecule is CS(=O)(=O)N1N=C(c2cccs2)C[C@@H]1c1ccc(F)cc1. The molecule has 1 aromatic carbocycles. The van der Waals surface area contributed by atoms with E-state index in [1.807, 2.05) is 17.5 Å². The molecular weight excluding hydrogens is 311 g/mol. The molecule has 0 aliphatic carbocycles. The number of nitrogens with zero attached hydrogens (tertiary/aromatic N) is 2. The highest BCUT2D eigenvalue weighted by Crippen LogP contribution is 2.35. The van der Waals surface area contributed by atoms with Gasteiger partial charge in [-0.1, -0.05) is 18.2 Å². The molecule has 1 atom stereocenters. The second-order valence-corrected chi connectivity index (χ2v) is 7.62. The fraction of sp³-hybridized carbons (Fsp3) is 0.214. The quantitative estimate of drug-likeness (QED) is 0.871. The standard InChI is InChI=1S/C14H13FN2O2S2/c1-21(18,19)17-13(10-4-6-11(15)7-5-10)9-12(16-17)14-3-2-8-20-14/h2-8,13H,9H2,1H3/t13-/m1/s1. The van der Waals surface area contributed by atoms with Crippen molar-refractivity contribution >= 4 is 27.1 Å². The van der Waals surface area contributed by atoms with Crippen LogP contribution in [0.1, 0.15) is 22.9 Å². The van der Waals surface area contributed by atoms with Crippen molar-refractivity contribution in [3.8, 4) is 0 Å². The van der Waals surface area contributed by atoms with Crippen molar-refractivity contribution in [1.29, 1.82) is 0 Å². The third-order valence-electron chi connectivity index (χ3n) is 3.27. The summed E-state index contributed by atoms with van der Waals surface area (Å²) in [7, 11) is -3.48. The Bertz CT molecular complexity index is 768. The van der Waals surface area contributed by atoms with Crippen LogP contribution >= 0.6 is 11.3 Å². The molecule has 3 rings (SSSR count). The molecule has 1 aromatic heterocycles. The van der Waals surface area contributed by atoms with E-state index in [4.69, 9.17) is 0 Å². The van der Waals surface area contributed by atoms with Gasteiger partial charge in [-0.2, -0.15) is 9.52 Å². The molecule has 0 saturated heterocycles. The largest absolute Gasteiger partial charge is 0.247 e. The zero-order chi connectivity index (χ0) is 15.0. The number of hydrogen-bond acceptors (Lipinski definition) is 4. The lowest BCUT2D eigenvalue weighted by Gasteiger charge is -2.21. The van der Waals surface area contributed by atoms with Crippen LogP contribution in [0, 0.1) is 5.82 Å². The summed E-state index contributed by atoms with van der Waals surface area (Å²) in [6.45, 7) is 0. The zero-order valence-corrected chi connectivity index (χ0v) is 12.9. The van der Waals surface area contributed by atoms with E-state index in [9.17, 15) is 12.8 Å². The predicted molar refractivity (Wildman–Crippen MR) is 81.3 cm³/mol. The molecule has 0 bridgehead atoms. The van der Waals surface area contributed by atoms with Crippen LogP contribution in [-0.4, -0.2) is 24.8 Å². The van der Waals surface area contributed by atoms with Gasteiger partial charge in [0.25, 0.3) is 0 Å².